The van der Waals surface area contributed by atoms with Crippen LogP contribution in [0.1, 0.15) is 17.9 Å². The molecule has 1 fully saturated rings. The number of halogens is 2. The number of nitro groups is 1. The Morgan fingerprint density at radius 2 is 1.87 bits per heavy atom. The third-order valence-corrected chi connectivity index (χ3v) is 4.20. The number of nitro benzene ring substituents is 1. The number of rotatable bonds is 4. The Hall–Kier alpha value is -2.11. The summed E-state index contributed by atoms with van der Waals surface area (Å²) in [7, 11) is 0. The SMILES string of the molecule is O=C(Nc1cccc([N+](=O)[O-])c1)[C@H]1C[C@H]1c1cc(Cl)cc(Cl)c1. The molecule has 7 heteroatoms. The van der Waals surface area contributed by atoms with Gasteiger partial charge in [0, 0.05) is 33.8 Å². The molecule has 0 aromatic heterocycles. The quantitative estimate of drug-likeness (QED) is 0.644. The van der Waals surface area contributed by atoms with Crippen molar-refractivity contribution in [1.29, 1.82) is 0 Å². The standard InChI is InChI=1S/C16H12Cl2N2O3/c17-10-4-9(5-11(18)6-10)14-8-15(14)16(21)19-12-2-1-3-13(7-12)20(22)23/h1-7,14-15H,8H2,(H,19,21)/t14-,15-/m0/s1. The fourth-order valence-electron chi connectivity index (χ4n) is 2.57. The van der Waals surface area contributed by atoms with Gasteiger partial charge in [-0.05, 0) is 42.2 Å². The summed E-state index contributed by atoms with van der Waals surface area (Å²) in [5.41, 5.74) is 1.29. The zero-order valence-electron chi connectivity index (χ0n) is 11.8. The lowest BCUT2D eigenvalue weighted by Gasteiger charge is -2.05. The first kappa shape index (κ1) is 15.8. The lowest BCUT2D eigenvalue weighted by atomic mass is 10.1. The molecule has 3 rings (SSSR count). The van der Waals surface area contributed by atoms with Crippen LogP contribution in [0.15, 0.2) is 42.5 Å². The van der Waals surface area contributed by atoms with Gasteiger partial charge < -0.3 is 5.32 Å². The first-order chi connectivity index (χ1) is 10.9. The van der Waals surface area contributed by atoms with Crippen molar-refractivity contribution in [2.45, 2.75) is 12.3 Å². The first-order valence-electron chi connectivity index (χ1n) is 6.95. The third-order valence-electron chi connectivity index (χ3n) is 3.76. The minimum absolute atomic E-state index is 0.0585. The fourth-order valence-corrected chi connectivity index (χ4v) is 3.12. The molecule has 0 saturated heterocycles. The molecular weight excluding hydrogens is 339 g/mol. The van der Waals surface area contributed by atoms with Crippen molar-refractivity contribution in [2.24, 2.45) is 5.92 Å². The maximum absolute atomic E-state index is 12.3. The molecule has 1 N–H and O–H groups in total. The molecule has 1 aliphatic rings. The third kappa shape index (κ3) is 3.63. The van der Waals surface area contributed by atoms with Gasteiger partial charge in [-0.3, -0.25) is 14.9 Å². The zero-order valence-corrected chi connectivity index (χ0v) is 13.3. The van der Waals surface area contributed by atoms with Crippen LogP contribution in [0.2, 0.25) is 10.0 Å². The molecule has 0 spiro atoms. The van der Waals surface area contributed by atoms with Crippen LogP contribution in [0, 0.1) is 16.0 Å². The number of anilines is 1. The molecule has 0 unspecified atom stereocenters. The molecule has 2 atom stereocenters. The van der Waals surface area contributed by atoms with E-state index < -0.39 is 4.92 Å². The van der Waals surface area contributed by atoms with Gasteiger partial charge >= 0.3 is 0 Å². The number of non-ortho nitro benzene ring substituents is 1. The van der Waals surface area contributed by atoms with Crippen LogP contribution in [0.4, 0.5) is 11.4 Å². The van der Waals surface area contributed by atoms with Gasteiger partial charge in [-0.15, -0.1) is 0 Å². The van der Waals surface area contributed by atoms with Crippen LogP contribution >= 0.6 is 23.2 Å². The largest absolute Gasteiger partial charge is 0.326 e. The van der Waals surface area contributed by atoms with Gasteiger partial charge in [-0.2, -0.15) is 0 Å². The topological polar surface area (TPSA) is 72.2 Å². The second kappa shape index (κ2) is 6.18. The minimum Gasteiger partial charge on any atom is -0.326 e. The Morgan fingerprint density at radius 3 is 2.52 bits per heavy atom. The average molecular weight is 351 g/mol. The van der Waals surface area contributed by atoms with Crippen LogP contribution in [-0.2, 0) is 4.79 Å². The predicted octanol–water partition coefficient (Wildman–Crippen LogP) is 4.64. The molecule has 23 heavy (non-hydrogen) atoms. The van der Waals surface area contributed by atoms with E-state index in [9.17, 15) is 14.9 Å². The van der Waals surface area contributed by atoms with Crippen molar-refractivity contribution in [3.8, 4) is 0 Å². The van der Waals surface area contributed by atoms with E-state index in [0.29, 0.717) is 22.2 Å². The van der Waals surface area contributed by atoms with E-state index in [0.717, 1.165) is 5.56 Å². The van der Waals surface area contributed by atoms with Gasteiger partial charge in [-0.25, -0.2) is 0 Å². The van der Waals surface area contributed by atoms with Gasteiger partial charge in [0.15, 0.2) is 0 Å². The molecular formula is C16H12Cl2N2O3. The summed E-state index contributed by atoms with van der Waals surface area (Å²) in [6, 6.07) is 11.1. The molecule has 0 aliphatic heterocycles. The summed E-state index contributed by atoms with van der Waals surface area (Å²) in [6.45, 7) is 0. The van der Waals surface area contributed by atoms with Crippen molar-refractivity contribution < 1.29 is 9.72 Å². The van der Waals surface area contributed by atoms with Gasteiger partial charge in [0.05, 0.1) is 4.92 Å². The van der Waals surface area contributed by atoms with Crippen molar-refractivity contribution in [3.05, 3.63) is 68.2 Å². The van der Waals surface area contributed by atoms with Crippen LogP contribution in [-0.4, -0.2) is 10.8 Å². The summed E-state index contributed by atoms with van der Waals surface area (Å²) >= 11 is 12.0. The predicted molar refractivity (Wildman–Crippen MR) is 89.0 cm³/mol. The highest BCUT2D eigenvalue weighted by Crippen LogP contribution is 2.49. The molecule has 1 saturated carbocycles. The van der Waals surface area contributed by atoms with Crippen molar-refractivity contribution in [3.63, 3.8) is 0 Å². The normalized spacial score (nSPS) is 19.2. The van der Waals surface area contributed by atoms with Crippen molar-refractivity contribution >= 4 is 40.5 Å². The number of benzene rings is 2. The van der Waals surface area contributed by atoms with E-state index >= 15 is 0 Å². The monoisotopic (exact) mass is 350 g/mol. The van der Waals surface area contributed by atoms with E-state index in [2.05, 4.69) is 5.32 Å². The maximum Gasteiger partial charge on any atom is 0.271 e. The molecule has 1 amide bonds. The fraction of sp³-hybridized carbons (Fsp3) is 0.188. The Bertz CT molecular complexity index is 774. The van der Waals surface area contributed by atoms with E-state index in [1.165, 1.54) is 18.2 Å². The number of nitrogens with one attached hydrogen (secondary N) is 1. The van der Waals surface area contributed by atoms with E-state index in [4.69, 9.17) is 23.2 Å². The summed E-state index contributed by atoms with van der Waals surface area (Å²) in [5, 5.41) is 14.6. The molecule has 0 heterocycles. The van der Waals surface area contributed by atoms with Crippen molar-refractivity contribution in [1.82, 2.24) is 0 Å². The average Bonchev–Trinajstić information content (AvgIpc) is 3.27. The molecule has 2 aromatic carbocycles. The number of carbonyl (C=O) groups is 1. The zero-order chi connectivity index (χ0) is 16.6. The molecule has 0 bridgehead atoms. The van der Waals surface area contributed by atoms with E-state index in [1.54, 1.807) is 24.3 Å². The maximum atomic E-state index is 12.3. The van der Waals surface area contributed by atoms with Gasteiger partial charge in [0.25, 0.3) is 5.69 Å². The Balaban J connectivity index is 1.69. The smallest absolute Gasteiger partial charge is 0.271 e. The Labute approximate surface area is 142 Å². The second-order valence-corrected chi connectivity index (χ2v) is 6.32. The Kier molecular flexibility index (Phi) is 4.24. The summed E-state index contributed by atoms with van der Waals surface area (Å²) in [4.78, 5) is 22.5. The highest BCUT2D eigenvalue weighted by atomic mass is 35.5. The lowest BCUT2D eigenvalue weighted by molar-refractivity contribution is -0.384. The summed E-state index contributed by atoms with van der Waals surface area (Å²) in [6.07, 6.45) is 0.706. The van der Waals surface area contributed by atoms with Gasteiger partial charge in [0.2, 0.25) is 5.91 Å². The lowest BCUT2D eigenvalue weighted by Crippen LogP contribution is -2.14. The van der Waals surface area contributed by atoms with E-state index in [-0.39, 0.29) is 23.4 Å². The summed E-state index contributed by atoms with van der Waals surface area (Å²) in [5.74, 6) is -0.264. The number of carbonyl (C=O) groups excluding carboxylic acids is 1. The number of amides is 1. The van der Waals surface area contributed by atoms with Crippen LogP contribution < -0.4 is 5.32 Å². The number of hydrogen-bond acceptors (Lipinski definition) is 3. The van der Waals surface area contributed by atoms with Crippen LogP contribution in [0.3, 0.4) is 0 Å². The van der Waals surface area contributed by atoms with Crippen molar-refractivity contribution in [2.75, 3.05) is 5.32 Å². The highest BCUT2D eigenvalue weighted by molar-refractivity contribution is 6.34. The Morgan fingerprint density at radius 1 is 1.17 bits per heavy atom. The number of hydrogen-bond donors (Lipinski definition) is 1. The van der Waals surface area contributed by atoms with Gasteiger partial charge in [-0.1, -0.05) is 29.3 Å². The molecule has 0 radical (unpaired) electrons. The van der Waals surface area contributed by atoms with Crippen LogP contribution in [0.25, 0.3) is 0 Å². The summed E-state index contributed by atoms with van der Waals surface area (Å²) < 4.78 is 0. The minimum atomic E-state index is -0.496. The number of nitrogens with zero attached hydrogens (tertiary/aromatic N) is 1. The molecule has 118 valence electrons. The van der Waals surface area contributed by atoms with Gasteiger partial charge in [0.1, 0.15) is 0 Å². The van der Waals surface area contributed by atoms with E-state index in [1.807, 2.05) is 0 Å². The van der Waals surface area contributed by atoms with Crippen LogP contribution in [0.5, 0.6) is 0 Å². The highest BCUT2D eigenvalue weighted by Gasteiger charge is 2.44. The second-order valence-electron chi connectivity index (χ2n) is 5.45. The molecule has 1 aliphatic carbocycles. The molecule has 5 nitrogen and oxygen atoms in total. The first-order valence-corrected chi connectivity index (χ1v) is 7.71. The molecule has 2 aromatic rings.